The number of nitrogens with two attached hydrogens (primary N) is 1. The molecule has 0 aliphatic carbocycles. The lowest BCUT2D eigenvalue weighted by atomic mass is 10.1. The molecular weight excluding hydrogens is 254 g/mol. The number of carbonyl (C=O) groups excluding carboxylic acids is 1. The fourth-order valence-corrected chi connectivity index (χ4v) is 1.58. The quantitative estimate of drug-likeness (QED) is 0.680. The minimum Gasteiger partial charge on any atom is -0.433 e. The summed E-state index contributed by atoms with van der Waals surface area (Å²) in [6, 6.07) is 8.96. The van der Waals surface area contributed by atoms with Gasteiger partial charge in [-0.1, -0.05) is 12.1 Å². The molecule has 19 heavy (non-hydrogen) atoms. The molecule has 98 valence electrons. The van der Waals surface area contributed by atoms with Gasteiger partial charge in [0.1, 0.15) is 11.4 Å². The zero-order valence-corrected chi connectivity index (χ0v) is 9.72. The largest absolute Gasteiger partial charge is 0.433 e. The second-order valence-corrected chi connectivity index (χ2v) is 3.64. The van der Waals surface area contributed by atoms with Crippen LogP contribution in [-0.2, 0) is 0 Å². The van der Waals surface area contributed by atoms with Gasteiger partial charge in [-0.3, -0.25) is 9.78 Å². The fourth-order valence-electron chi connectivity index (χ4n) is 1.58. The Kier molecular flexibility index (Phi) is 3.70. The number of ketones is 1. The van der Waals surface area contributed by atoms with Crippen LogP contribution in [0.4, 0.5) is 14.5 Å². The number of hydrogen-bond acceptors (Lipinski definition) is 4. The molecule has 0 atom stereocenters. The lowest BCUT2D eigenvalue weighted by molar-refractivity contribution is -0.0493. The molecule has 2 aromatic rings. The number of anilines is 1. The normalized spacial score (nSPS) is 10.5. The Hall–Kier alpha value is -2.50. The Morgan fingerprint density at radius 2 is 2.00 bits per heavy atom. The zero-order chi connectivity index (χ0) is 13.8. The molecule has 0 aliphatic rings. The van der Waals surface area contributed by atoms with Crippen molar-refractivity contribution in [1.29, 1.82) is 0 Å². The van der Waals surface area contributed by atoms with Gasteiger partial charge in [-0.05, 0) is 24.3 Å². The summed E-state index contributed by atoms with van der Waals surface area (Å²) < 4.78 is 28.6. The van der Waals surface area contributed by atoms with Crippen molar-refractivity contribution in [1.82, 2.24) is 4.98 Å². The molecule has 0 radical (unpaired) electrons. The second-order valence-electron chi connectivity index (χ2n) is 3.64. The molecule has 1 heterocycles. The molecule has 0 spiro atoms. The maximum Gasteiger partial charge on any atom is 0.387 e. The number of para-hydroxylation sites is 1. The minimum atomic E-state index is -3.00. The highest BCUT2D eigenvalue weighted by atomic mass is 19.3. The molecule has 0 saturated carbocycles. The summed E-state index contributed by atoms with van der Waals surface area (Å²) in [5.41, 5.74) is 5.80. The minimum absolute atomic E-state index is 0.0804. The third-order valence-electron chi connectivity index (χ3n) is 2.42. The van der Waals surface area contributed by atoms with Gasteiger partial charge >= 0.3 is 6.61 Å². The highest BCUT2D eigenvalue weighted by molar-refractivity contribution is 6.11. The van der Waals surface area contributed by atoms with Crippen LogP contribution >= 0.6 is 0 Å². The van der Waals surface area contributed by atoms with Gasteiger partial charge in [-0.15, -0.1) is 0 Å². The summed E-state index contributed by atoms with van der Waals surface area (Å²) >= 11 is 0. The zero-order valence-electron chi connectivity index (χ0n) is 9.72. The summed E-state index contributed by atoms with van der Waals surface area (Å²) in [6.45, 7) is -3.00. The van der Waals surface area contributed by atoms with E-state index in [4.69, 9.17) is 5.73 Å². The number of nitrogens with zero attached hydrogens (tertiary/aromatic N) is 1. The number of benzene rings is 1. The molecular formula is C13H10F2N2O2. The van der Waals surface area contributed by atoms with Crippen LogP contribution < -0.4 is 10.5 Å². The monoisotopic (exact) mass is 264 g/mol. The van der Waals surface area contributed by atoms with Crippen molar-refractivity contribution < 1.29 is 18.3 Å². The lowest BCUT2D eigenvalue weighted by Crippen LogP contribution is -2.10. The van der Waals surface area contributed by atoms with Gasteiger partial charge in [0.15, 0.2) is 0 Å². The van der Waals surface area contributed by atoms with Crippen molar-refractivity contribution in [2.45, 2.75) is 6.61 Å². The lowest BCUT2D eigenvalue weighted by Gasteiger charge is -2.10. The molecule has 4 nitrogen and oxygen atoms in total. The summed E-state index contributed by atoms with van der Waals surface area (Å²) in [4.78, 5) is 16.0. The van der Waals surface area contributed by atoms with Crippen LogP contribution in [0.1, 0.15) is 16.1 Å². The number of pyridine rings is 1. The van der Waals surface area contributed by atoms with Crippen LogP contribution in [0.2, 0.25) is 0 Å². The van der Waals surface area contributed by atoms with E-state index in [-0.39, 0.29) is 22.7 Å². The fraction of sp³-hybridized carbons (Fsp3) is 0.0769. The maximum atomic E-state index is 12.2. The van der Waals surface area contributed by atoms with Crippen LogP contribution in [0, 0.1) is 0 Å². The molecule has 0 fully saturated rings. The SMILES string of the molecule is Nc1c(OC(F)F)cccc1C(=O)c1ccccn1. The molecule has 6 heteroatoms. The first-order valence-corrected chi connectivity index (χ1v) is 5.38. The molecule has 0 saturated heterocycles. The summed E-state index contributed by atoms with van der Waals surface area (Å²) in [7, 11) is 0. The average molecular weight is 264 g/mol. The van der Waals surface area contributed by atoms with Crippen molar-refractivity contribution in [3.8, 4) is 5.75 Å². The van der Waals surface area contributed by atoms with E-state index < -0.39 is 12.4 Å². The van der Waals surface area contributed by atoms with Crippen molar-refractivity contribution in [3.63, 3.8) is 0 Å². The first-order chi connectivity index (χ1) is 9.09. The third-order valence-corrected chi connectivity index (χ3v) is 2.42. The second kappa shape index (κ2) is 5.43. The van der Waals surface area contributed by atoms with E-state index in [0.29, 0.717) is 0 Å². The molecule has 1 aromatic carbocycles. The van der Waals surface area contributed by atoms with Crippen LogP contribution in [-0.4, -0.2) is 17.4 Å². The number of aromatic nitrogens is 1. The standard InChI is InChI=1S/C13H10F2N2O2/c14-13(15)19-10-6-3-4-8(11(10)16)12(18)9-5-1-2-7-17-9/h1-7,13H,16H2. The van der Waals surface area contributed by atoms with E-state index in [1.165, 1.54) is 30.5 Å². The van der Waals surface area contributed by atoms with Gasteiger partial charge in [0.2, 0.25) is 5.78 Å². The number of nitrogen functional groups attached to an aromatic ring is 1. The van der Waals surface area contributed by atoms with E-state index in [1.54, 1.807) is 12.1 Å². The Balaban J connectivity index is 2.38. The number of alkyl halides is 2. The van der Waals surface area contributed by atoms with Crippen molar-refractivity contribution in [3.05, 3.63) is 53.9 Å². The molecule has 1 aromatic heterocycles. The molecule has 0 unspecified atom stereocenters. The third kappa shape index (κ3) is 2.85. The predicted molar refractivity (Wildman–Crippen MR) is 65.2 cm³/mol. The number of hydrogen-bond donors (Lipinski definition) is 1. The van der Waals surface area contributed by atoms with Gasteiger partial charge in [-0.2, -0.15) is 8.78 Å². The first kappa shape index (κ1) is 12.9. The van der Waals surface area contributed by atoms with E-state index in [2.05, 4.69) is 9.72 Å². The predicted octanol–water partition coefficient (Wildman–Crippen LogP) is 2.50. The van der Waals surface area contributed by atoms with Gasteiger partial charge in [0, 0.05) is 6.20 Å². The van der Waals surface area contributed by atoms with Crippen LogP contribution in [0.15, 0.2) is 42.6 Å². The smallest absolute Gasteiger partial charge is 0.387 e. The number of ether oxygens (including phenoxy) is 1. The Bertz CT molecular complexity index is 588. The van der Waals surface area contributed by atoms with Gasteiger partial charge in [0.05, 0.1) is 11.3 Å². The molecule has 0 amide bonds. The van der Waals surface area contributed by atoms with Crippen LogP contribution in [0.25, 0.3) is 0 Å². The Labute approximate surface area is 107 Å². The van der Waals surface area contributed by atoms with Crippen LogP contribution in [0.3, 0.4) is 0 Å². The summed E-state index contributed by atoms with van der Waals surface area (Å²) in [6.07, 6.45) is 1.46. The van der Waals surface area contributed by atoms with Gasteiger partial charge in [-0.25, -0.2) is 0 Å². The topological polar surface area (TPSA) is 65.2 Å². The Morgan fingerprint density at radius 1 is 1.21 bits per heavy atom. The van der Waals surface area contributed by atoms with Crippen molar-refractivity contribution >= 4 is 11.5 Å². The maximum absolute atomic E-state index is 12.2. The van der Waals surface area contributed by atoms with E-state index in [1.807, 2.05) is 0 Å². The van der Waals surface area contributed by atoms with Gasteiger partial charge < -0.3 is 10.5 Å². The average Bonchev–Trinajstić information content (AvgIpc) is 2.41. The molecule has 0 aliphatic heterocycles. The van der Waals surface area contributed by atoms with E-state index in [9.17, 15) is 13.6 Å². The highest BCUT2D eigenvalue weighted by Crippen LogP contribution is 2.28. The number of carbonyl (C=O) groups is 1. The van der Waals surface area contributed by atoms with Gasteiger partial charge in [0.25, 0.3) is 0 Å². The first-order valence-electron chi connectivity index (χ1n) is 5.38. The Morgan fingerprint density at radius 3 is 2.63 bits per heavy atom. The summed E-state index contributed by atoms with van der Waals surface area (Å²) in [5.74, 6) is -0.672. The molecule has 2 rings (SSSR count). The highest BCUT2D eigenvalue weighted by Gasteiger charge is 2.17. The van der Waals surface area contributed by atoms with Crippen LogP contribution in [0.5, 0.6) is 5.75 Å². The van der Waals surface area contributed by atoms with Crippen molar-refractivity contribution in [2.75, 3.05) is 5.73 Å². The van der Waals surface area contributed by atoms with E-state index in [0.717, 1.165) is 0 Å². The van der Waals surface area contributed by atoms with E-state index >= 15 is 0 Å². The number of halogens is 2. The molecule has 0 bridgehead atoms. The summed E-state index contributed by atoms with van der Waals surface area (Å²) in [5, 5.41) is 0. The molecule has 2 N–H and O–H groups in total. The van der Waals surface area contributed by atoms with Crippen molar-refractivity contribution in [2.24, 2.45) is 0 Å². The number of rotatable bonds is 4.